The first-order chi connectivity index (χ1) is 5.16. The Bertz CT molecular complexity index is 105. The molecule has 0 amide bonds. The van der Waals surface area contributed by atoms with Crippen LogP contribution in [-0.2, 0) is 0 Å². The second-order valence-electron chi connectivity index (χ2n) is 3.43. The minimum atomic E-state index is -0.105. The van der Waals surface area contributed by atoms with Gasteiger partial charge in [-0.25, -0.2) is 0 Å². The molecule has 1 unspecified atom stereocenters. The summed E-state index contributed by atoms with van der Waals surface area (Å²) in [6, 6.07) is 0. The summed E-state index contributed by atoms with van der Waals surface area (Å²) in [5, 5.41) is 9.41. The first-order valence-electron chi connectivity index (χ1n) is 4.46. The van der Waals surface area contributed by atoms with E-state index in [0.29, 0.717) is 5.92 Å². The lowest BCUT2D eigenvalue weighted by molar-refractivity contribution is 0.140. The fourth-order valence-electron chi connectivity index (χ4n) is 1.12. The quantitative estimate of drug-likeness (QED) is 0.607. The van der Waals surface area contributed by atoms with Crippen LogP contribution in [0, 0.1) is 5.92 Å². The van der Waals surface area contributed by atoms with Gasteiger partial charge in [0.2, 0.25) is 0 Å². The average Bonchev–Trinajstić information content (AvgIpc) is 1.86. The van der Waals surface area contributed by atoms with Crippen molar-refractivity contribution in [2.45, 2.75) is 46.1 Å². The maximum absolute atomic E-state index is 9.41. The van der Waals surface area contributed by atoms with Crippen molar-refractivity contribution in [2.75, 3.05) is 0 Å². The van der Waals surface area contributed by atoms with Crippen LogP contribution in [0.4, 0.5) is 0 Å². The van der Waals surface area contributed by atoms with Crippen molar-refractivity contribution < 1.29 is 5.11 Å². The lowest BCUT2D eigenvalue weighted by Gasteiger charge is -2.10. The topological polar surface area (TPSA) is 20.2 Å². The van der Waals surface area contributed by atoms with Crippen molar-refractivity contribution in [3.63, 3.8) is 0 Å². The highest BCUT2D eigenvalue weighted by molar-refractivity contribution is 4.77. The SMILES string of the molecule is CC=CCCC(O)CC(C)C. The predicted octanol–water partition coefficient (Wildman–Crippen LogP) is 2.75. The van der Waals surface area contributed by atoms with E-state index in [1.54, 1.807) is 0 Å². The van der Waals surface area contributed by atoms with E-state index in [2.05, 4.69) is 19.9 Å². The van der Waals surface area contributed by atoms with Gasteiger partial charge in [-0.15, -0.1) is 0 Å². The van der Waals surface area contributed by atoms with Crippen LogP contribution in [0.5, 0.6) is 0 Å². The second kappa shape index (κ2) is 6.41. The van der Waals surface area contributed by atoms with Crippen molar-refractivity contribution in [3.05, 3.63) is 12.2 Å². The van der Waals surface area contributed by atoms with Crippen LogP contribution in [0.1, 0.15) is 40.0 Å². The summed E-state index contributed by atoms with van der Waals surface area (Å²) in [5.41, 5.74) is 0. The average molecular weight is 156 g/mol. The van der Waals surface area contributed by atoms with Gasteiger partial charge in [-0.3, -0.25) is 0 Å². The summed E-state index contributed by atoms with van der Waals surface area (Å²) in [6.45, 7) is 6.28. The molecule has 0 aliphatic heterocycles. The predicted molar refractivity (Wildman–Crippen MR) is 49.5 cm³/mol. The Morgan fingerprint density at radius 2 is 2.00 bits per heavy atom. The highest BCUT2D eigenvalue weighted by Crippen LogP contribution is 2.09. The van der Waals surface area contributed by atoms with Crippen LogP contribution < -0.4 is 0 Å². The Balaban J connectivity index is 3.29. The van der Waals surface area contributed by atoms with E-state index in [4.69, 9.17) is 0 Å². The molecule has 1 atom stereocenters. The van der Waals surface area contributed by atoms with Crippen molar-refractivity contribution in [1.82, 2.24) is 0 Å². The zero-order valence-electron chi connectivity index (χ0n) is 7.88. The van der Waals surface area contributed by atoms with E-state index >= 15 is 0 Å². The molecule has 0 radical (unpaired) electrons. The monoisotopic (exact) mass is 156 g/mol. The first-order valence-corrected chi connectivity index (χ1v) is 4.46. The summed E-state index contributed by atoms with van der Waals surface area (Å²) in [7, 11) is 0. The lowest BCUT2D eigenvalue weighted by Crippen LogP contribution is -2.09. The minimum absolute atomic E-state index is 0.105. The molecule has 1 nitrogen and oxygen atoms in total. The molecule has 1 heteroatoms. The standard InChI is InChI=1S/C10H20O/c1-4-5-6-7-10(11)8-9(2)3/h4-5,9-11H,6-8H2,1-3H3. The van der Waals surface area contributed by atoms with Gasteiger partial charge in [0.05, 0.1) is 6.10 Å². The van der Waals surface area contributed by atoms with Gasteiger partial charge >= 0.3 is 0 Å². The minimum Gasteiger partial charge on any atom is -0.393 e. The Kier molecular flexibility index (Phi) is 6.24. The first kappa shape index (κ1) is 10.7. The van der Waals surface area contributed by atoms with E-state index in [0.717, 1.165) is 19.3 Å². The Labute approximate surface area is 70.1 Å². The van der Waals surface area contributed by atoms with Crippen LogP contribution in [-0.4, -0.2) is 11.2 Å². The molecule has 1 N–H and O–H groups in total. The van der Waals surface area contributed by atoms with Crippen molar-refractivity contribution >= 4 is 0 Å². The number of hydrogen-bond acceptors (Lipinski definition) is 1. The van der Waals surface area contributed by atoms with Gasteiger partial charge in [-0.1, -0.05) is 26.0 Å². The molecule has 0 saturated carbocycles. The maximum Gasteiger partial charge on any atom is 0.0545 e. The summed E-state index contributed by atoms with van der Waals surface area (Å²) in [4.78, 5) is 0. The van der Waals surface area contributed by atoms with Gasteiger partial charge in [0, 0.05) is 0 Å². The van der Waals surface area contributed by atoms with Gasteiger partial charge in [0.25, 0.3) is 0 Å². The molecule has 0 heterocycles. The largest absolute Gasteiger partial charge is 0.393 e. The van der Waals surface area contributed by atoms with Crippen molar-refractivity contribution in [2.24, 2.45) is 5.92 Å². The third-order valence-electron chi connectivity index (χ3n) is 1.65. The van der Waals surface area contributed by atoms with Gasteiger partial charge in [0.15, 0.2) is 0 Å². The summed E-state index contributed by atoms with van der Waals surface area (Å²) in [6.07, 6.45) is 6.86. The van der Waals surface area contributed by atoms with Gasteiger partial charge in [-0.2, -0.15) is 0 Å². The zero-order valence-corrected chi connectivity index (χ0v) is 7.88. The molecule has 0 bridgehead atoms. The number of aliphatic hydroxyl groups is 1. The zero-order chi connectivity index (χ0) is 8.69. The van der Waals surface area contributed by atoms with Crippen LogP contribution in [0.2, 0.25) is 0 Å². The summed E-state index contributed by atoms with van der Waals surface area (Å²) < 4.78 is 0. The molecule has 0 aliphatic carbocycles. The van der Waals surface area contributed by atoms with E-state index in [9.17, 15) is 5.11 Å². The molecular formula is C10H20O. The van der Waals surface area contributed by atoms with Crippen molar-refractivity contribution in [3.8, 4) is 0 Å². The maximum atomic E-state index is 9.41. The van der Waals surface area contributed by atoms with Crippen LogP contribution in [0.3, 0.4) is 0 Å². The number of aliphatic hydroxyl groups excluding tert-OH is 1. The lowest BCUT2D eigenvalue weighted by atomic mass is 10.0. The van der Waals surface area contributed by atoms with Crippen LogP contribution >= 0.6 is 0 Å². The van der Waals surface area contributed by atoms with Crippen LogP contribution in [0.15, 0.2) is 12.2 Å². The molecule has 11 heavy (non-hydrogen) atoms. The van der Waals surface area contributed by atoms with Crippen LogP contribution in [0.25, 0.3) is 0 Å². The second-order valence-corrected chi connectivity index (χ2v) is 3.43. The molecule has 0 aromatic heterocycles. The van der Waals surface area contributed by atoms with Gasteiger partial charge in [-0.05, 0) is 32.1 Å². The molecule has 0 aliphatic rings. The Morgan fingerprint density at radius 1 is 1.36 bits per heavy atom. The fourth-order valence-corrected chi connectivity index (χ4v) is 1.12. The fraction of sp³-hybridized carbons (Fsp3) is 0.800. The van der Waals surface area contributed by atoms with Gasteiger partial charge in [0.1, 0.15) is 0 Å². The molecule has 0 spiro atoms. The van der Waals surface area contributed by atoms with Crippen molar-refractivity contribution in [1.29, 1.82) is 0 Å². The molecule has 66 valence electrons. The van der Waals surface area contributed by atoms with Gasteiger partial charge < -0.3 is 5.11 Å². The van der Waals surface area contributed by atoms with E-state index in [-0.39, 0.29) is 6.10 Å². The normalized spacial score (nSPS) is 14.6. The number of allylic oxidation sites excluding steroid dienone is 2. The van der Waals surface area contributed by atoms with E-state index in [1.807, 2.05) is 13.0 Å². The molecule has 0 fully saturated rings. The Hall–Kier alpha value is -0.300. The smallest absolute Gasteiger partial charge is 0.0545 e. The number of hydrogen-bond donors (Lipinski definition) is 1. The third kappa shape index (κ3) is 7.60. The molecule has 0 saturated heterocycles. The van der Waals surface area contributed by atoms with E-state index < -0.39 is 0 Å². The number of rotatable bonds is 5. The molecule has 0 rings (SSSR count). The molecule has 0 aromatic rings. The summed E-state index contributed by atoms with van der Waals surface area (Å²) >= 11 is 0. The van der Waals surface area contributed by atoms with E-state index in [1.165, 1.54) is 0 Å². The third-order valence-corrected chi connectivity index (χ3v) is 1.65. The molecular weight excluding hydrogens is 136 g/mol. The summed E-state index contributed by atoms with van der Waals surface area (Å²) in [5.74, 6) is 0.607. The highest BCUT2D eigenvalue weighted by Gasteiger charge is 2.04. The Morgan fingerprint density at radius 3 is 2.45 bits per heavy atom. The highest BCUT2D eigenvalue weighted by atomic mass is 16.3. The molecule has 0 aromatic carbocycles.